The van der Waals surface area contributed by atoms with Crippen molar-refractivity contribution in [2.45, 2.75) is 33.0 Å². The van der Waals surface area contributed by atoms with Crippen molar-refractivity contribution in [2.75, 3.05) is 0 Å². The van der Waals surface area contributed by atoms with Crippen LogP contribution in [-0.4, -0.2) is 31.7 Å². The quantitative estimate of drug-likeness (QED) is 0.653. The zero-order valence-corrected chi connectivity index (χ0v) is 16.1. The van der Waals surface area contributed by atoms with Gasteiger partial charge in [-0.25, -0.2) is 14.5 Å². The zero-order valence-electron chi connectivity index (χ0n) is 16.1. The molecule has 30 heavy (non-hydrogen) atoms. The fourth-order valence-electron chi connectivity index (χ4n) is 3.12. The molecule has 1 unspecified atom stereocenters. The van der Waals surface area contributed by atoms with E-state index in [1.807, 2.05) is 0 Å². The van der Waals surface area contributed by atoms with Gasteiger partial charge in [0.05, 0.1) is 16.9 Å². The third-order valence-electron chi connectivity index (χ3n) is 4.54. The van der Waals surface area contributed by atoms with E-state index in [-0.39, 0.29) is 34.1 Å². The predicted molar refractivity (Wildman–Crippen MR) is 97.1 cm³/mol. The maximum absolute atomic E-state index is 13.0. The Labute approximate surface area is 168 Å². The predicted octanol–water partition coefficient (Wildman–Crippen LogP) is 3.36. The second kappa shape index (κ2) is 7.65. The molecule has 0 bridgehead atoms. The SMILES string of the molecule is Cc1nn(-c2cccc(C(F)(F)F)c2)c(C)c1C(NC(=O)c1ncoc1C)C(=O)O. The van der Waals surface area contributed by atoms with Gasteiger partial charge in [0.25, 0.3) is 5.91 Å². The van der Waals surface area contributed by atoms with Gasteiger partial charge >= 0.3 is 12.1 Å². The molecule has 0 aliphatic rings. The minimum atomic E-state index is -4.54. The van der Waals surface area contributed by atoms with Gasteiger partial charge in [-0.05, 0) is 39.0 Å². The number of nitrogens with zero attached hydrogens (tertiary/aromatic N) is 3. The number of carboxylic acid groups (broad SMARTS) is 1. The molecule has 158 valence electrons. The first-order valence-corrected chi connectivity index (χ1v) is 8.68. The topological polar surface area (TPSA) is 110 Å². The minimum Gasteiger partial charge on any atom is -0.479 e. The second-order valence-corrected chi connectivity index (χ2v) is 6.55. The summed E-state index contributed by atoms with van der Waals surface area (Å²) in [4.78, 5) is 28.1. The molecule has 1 amide bonds. The summed E-state index contributed by atoms with van der Waals surface area (Å²) in [5, 5.41) is 16.2. The van der Waals surface area contributed by atoms with Gasteiger partial charge in [0, 0.05) is 11.3 Å². The van der Waals surface area contributed by atoms with E-state index < -0.39 is 29.7 Å². The summed E-state index contributed by atoms with van der Waals surface area (Å²) in [6.07, 6.45) is -3.48. The Balaban J connectivity index is 2.02. The lowest BCUT2D eigenvalue weighted by Crippen LogP contribution is -2.35. The number of carbonyl (C=O) groups is 2. The van der Waals surface area contributed by atoms with Crippen LogP contribution in [0.4, 0.5) is 13.2 Å². The second-order valence-electron chi connectivity index (χ2n) is 6.55. The largest absolute Gasteiger partial charge is 0.479 e. The summed E-state index contributed by atoms with van der Waals surface area (Å²) in [5.41, 5.74) is -0.139. The van der Waals surface area contributed by atoms with E-state index >= 15 is 0 Å². The number of carboxylic acids is 1. The number of benzene rings is 1. The number of aryl methyl sites for hydroxylation is 2. The van der Waals surface area contributed by atoms with Crippen molar-refractivity contribution in [3.8, 4) is 5.69 Å². The Bertz CT molecular complexity index is 1120. The number of amides is 1. The van der Waals surface area contributed by atoms with Crippen molar-refractivity contribution < 1.29 is 32.3 Å². The van der Waals surface area contributed by atoms with Gasteiger partial charge in [-0.1, -0.05) is 6.07 Å². The van der Waals surface area contributed by atoms with Crippen LogP contribution in [0.25, 0.3) is 5.69 Å². The third-order valence-corrected chi connectivity index (χ3v) is 4.54. The van der Waals surface area contributed by atoms with Crippen molar-refractivity contribution in [1.82, 2.24) is 20.1 Å². The summed E-state index contributed by atoms with van der Waals surface area (Å²) in [7, 11) is 0. The van der Waals surface area contributed by atoms with Crippen molar-refractivity contribution in [1.29, 1.82) is 0 Å². The number of rotatable bonds is 5. The van der Waals surface area contributed by atoms with E-state index in [4.69, 9.17) is 4.42 Å². The minimum absolute atomic E-state index is 0.0678. The Morgan fingerprint density at radius 2 is 1.93 bits per heavy atom. The van der Waals surface area contributed by atoms with Crippen LogP contribution in [0.5, 0.6) is 0 Å². The fourth-order valence-corrected chi connectivity index (χ4v) is 3.12. The molecule has 3 rings (SSSR count). The van der Waals surface area contributed by atoms with Crippen molar-refractivity contribution in [3.05, 3.63) is 64.6 Å². The van der Waals surface area contributed by atoms with Crippen LogP contribution in [0.15, 0.2) is 35.1 Å². The Kier molecular flexibility index (Phi) is 5.38. The first-order valence-electron chi connectivity index (χ1n) is 8.68. The van der Waals surface area contributed by atoms with Gasteiger partial charge in [-0.2, -0.15) is 18.3 Å². The summed E-state index contributed by atoms with van der Waals surface area (Å²) in [6.45, 7) is 4.52. The molecule has 2 heterocycles. The lowest BCUT2D eigenvalue weighted by Gasteiger charge is -2.15. The Hall–Kier alpha value is -3.63. The standard InChI is InChI=1S/C19H17F3N4O4/c1-9-14(16(18(28)29)24-17(27)15-11(3)30-8-23-15)10(2)26(25-9)13-6-4-5-12(7-13)19(20,21)22/h4-8,16H,1-3H3,(H,24,27)(H,28,29). The molecule has 0 saturated heterocycles. The Morgan fingerprint density at radius 1 is 1.23 bits per heavy atom. The van der Waals surface area contributed by atoms with E-state index in [9.17, 15) is 27.9 Å². The van der Waals surface area contributed by atoms with Crippen molar-refractivity contribution in [2.24, 2.45) is 0 Å². The molecule has 8 nitrogen and oxygen atoms in total. The van der Waals surface area contributed by atoms with Gasteiger partial charge in [0.2, 0.25) is 0 Å². The number of carbonyl (C=O) groups excluding carboxylic acids is 1. The molecule has 0 spiro atoms. The van der Waals surface area contributed by atoms with Crippen LogP contribution in [0, 0.1) is 20.8 Å². The molecule has 2 aromatic heterocycles. The molecule has 3 aromatic rings. The highest BCUT2D eigenvalue weighted by molar-refractivity contribution is 5.96. The lowest BCUT2D eigenvalue weighted by atomic mass is 10.0. The number of aromatic nitrogens is 3. The normalized spacial score (nSPS) is 12.6. The molecule has 0 radical (unpaired) electrons. The van der Waals surface area contributed by atoms with E-state index in [0.717, 1.165) is 18.5 Å². The monoisotopic (exact) mass is 422 g/mol. The average molecular weight is 422 g/mol. The summed E-state index contributed by atoms with van der Waals surface area (Å²) in [5.74, 6) is -1.91. The molecule has 1 atom stereocenters. The highest BCUT2D eigenvalue weighted by Gasteiger charge is 2.32. The van der Waals surface area contributed by atoms with Crippen molar-refractivity contribution in [3.63, 3.8) is 0 Å². The van der Waals surface area contributed by atoms with Gasteiger partial charge in [0.1, 0.15) is 5.76 Å². The van der Waals surface area contributed by atoms with Crippen LogP contribution in [0.2, 0.25) is 0 Å². The van der Waals surface area contributed by atoms with E-state index in [2.05, 4.69) is 15.4 Å². The number of nitrogens with one attached hydrogen (secondary N) is 1. The number of aliphatic carboxylic acids is 1. The number of hydrogen-bond donors (Lipinski definition) is 2. The summed E-state index contributed by atoms with van der Waals surface area (Å²) >= 11 is 0. The summed E-state index contributed by atoms with van der Waals surface area (Å²) < 4.78 is 45.3. The van der Waals surface area contributed by atoms with Gasteiger partial charge < -0.3 is 14.8 Å². The molecule has 0 fully saturated rings. The van der Waals surface area contributed by atoms with Crippen LogP contribution in [0.3, 0.4) is 0 Å². The molecule has 0 aliphatic heterocycles. The molecule has 1 aromatic carbocycles. The van der Waals surface area contributed by atoms with Gasteiger partial charge in [0.15, 0.2) is 18.1 Å². The lowest BCUT2D eigenvalue weighted by molar-refractivity contribution is -0.139. The molecule has 0 saturated carbocycles. The highest BCUT2D eigenvalue weighted by atomic mass is 19.4. The van der Waals surface area contributed by atoms with Gasteiger partial charge in [-0.3, -0.25) is 4.79 Å². The third kappa shape index (κ3) is 3.91. The number of halogens is 3. The summed E-state index contributed by atoms with van der Waals surface area (Å²) in [6, 6.07) is 3.00. The van der Waals surface area contributed by atoms with E-state index in [1.165, 1.54) is 37.6 Å². The van der Waals surface area contributed by atoms with Crippen LogP contribution in [0.1, 0.15) is 44.8 Å². The number of alkyl halides is 3. The molecular formula is C19H17F3N4O4. The maximum Gasteiger partial charge on any atom is 0.416 e. The fraction of sp³-hybridized carbons (Fsp3) is 0.263. The first-order chi connectivity index (χ1) is 14.0. The molecule has 0 aliphatic carbocycles. The first kappa shape index (κ1) is 21.1. The molecular weight excluding hydrogens is 405 g/mol. The Morgan fingerprint density at radius 3 is 2.50 bits per heavy atom. The van der Waals surface area contributed by atoms with Crippen LogP contribution >= 0.6 is 0 Å². The van der Waals surface area contributed by atoms with E-state index in [0.29, 0.717) is 0 Å². The van der Waals surface area contributed by atoms with Gasteiger partial charge in [-0.15, -0.1) is 0 Å². The number of hydrogen-bond acceptors (Lipinski definition) is 5. The smallest absolute Gasteiger partial charge is 0.416 e. The maximum atomic E-state index is 13.0. The zero-order chi connectivity index (χ0) is 22.2. The average Bonchev–Trinajstić information content (AvgIpc) is 3.22. The van der Waals surface area contributed by atoms with Crippen LogP contribution < -0.4 is 5.32 Å². The number of oxazole rings is 1. The van der Waals surface area contributed by atoms with Crippen LogP contribution in [-0.2, 0) is 11.0 Å². The van der Waals surface area contributed by atoms with E-state index in [1.54, 1.807) is 0 Å². The highest BCUT2D eigenvalue weighted by Crippen LogP contribution is 2.31. The molecule has 2 N–H and O–H groups in total. The van der Waals surface area contributed by atoms with Crippen molar-refractivity contribution >= 4 is 11.9 Å². The molecule has 11 heteroatoms.